The van der Waals surface area contributed by atoms with Crippen LogP contribution < -0.4 is 0 Å². The summed E-state index contributed by atoms with van der Waals surface area (Å²) in [5, 5.41) is 0. The van der Waals surface area contributed by atoms with E-state index in [0.717, 1.165) is 18.2 Å². The van der Waals surface area contributed by atoms with Crippen LogP contribution in [0.2, 0.25) is 0 Å². The summed E-state index contributed by atoms with van der Waals surface area (Å²) >= 11 is 5.40. The van der Waals surface area contributed by atoms with E-state index >= 15 is 0 Å². The van der Waals surface area contributed by atoms with E-state index in [1.54, 1.807) is 0 Å². The van der Waals surface area contributed by atoms with Crippen LogP contribution in [-0.2, 0) is 0 Å². The Kier molecular flexibility index (Phi) is 26.9. The molecule has 22 heavy (non-hydrogen) atoms. The Bertz CT molecular complexity index is 170. The van der Waals surface area contributed by atoms with Crippen LogP contribution in [0.4, 0.5) is 51.8 Å². The van der Waals surface area contributed by atoms with Gasteiger partial charge in [-0.25, -0.2) is 0 Å². The standard InChI is InChI=1S/C5H11Cl.3BF4.K.H/c1-5(2)3-4-6;3*2-1(3,4)5;;/h5H,3-4H2,1-2H3;;;;;/q;3*-1;;. The summed E-state index contributed by atoms with van der Waals surface area (Å²) in [5.74, 6) is 1.57. The SMILES string of the molecule is CC(C)CCCl.F[B-](F)(F)F.F[B-](F)(F)F.F[B-](F)(F)F.[KH]. The number of rotatable bonds is 2. The third kappa shape index (κ3) is 478. The Hall–Kier alpha value is 1.28. The van der Waals surface area contributed by atoms with Crippen LogP contribution in [0, 0.1) is 5.92 Å². The second kappa shape index (κ2) is 17.1. The van der Waals surface area contributed by atoms with Crippen molar-refractivity contribution in [3.05, 3.63) is 0 Å². The third-order valence-corrected chi connectivity index (χ3v) is 0.905. The van der Waals surface area contributed by atoms with Crippen LogP contribution in [0.5, 0.6) is 0 Å². The summed E-state index contributed by atoms with van der Waals surface area (Å²) in [7, 11) is -18.0. The molecule has 0 fully saturated rings. The van der Waals surface area contributed by atoms with Gasteiger partial charge in [-0.15, -0.1) is 11.6 Å². The van der Waals surface area contributed by atoms with Gasteiger partial charge in [-0.3, -0.25) is 0 Å². The summed E-state index contributed by atoms with van der Waals surface area (Å²) < 4.78 is 117. The van der Waals surface area contributed by atoms with Crippen molar-refractivity contribution in [2.24, 2.45) is 5.92 Å². The number of alkyl halides is 1. The van der Waals surface area contributed by atoms with Crippen molar-refractivity contribution >= 4 is 84.7 Å². The molecule has 0 spiro atoms. The Morgan fingerprint density at radius 3 is 0.773 bits per heavy atom. The Labute approximate surface area is 167 Å². The van der Waals surface area contributed by atoms with E-state index in [2.05, 4.69) is 13.8 Å². The van der Waals surface area contributed by atoms with Crippen LogP contribution >= 0.6 is 11.6 Å². The molecule has 0 aliphatic rings. The molecule has 0 aliphatic heterocycles. The van der Waals surface area contributed by atoms with E-state index in [9.17, 15) is 51.8 Å². The van der Waals surface area contributed by atoms with Gasteiger partial charge < -0.3 is 51.8 Å². The van der Waals surface area contributed by atoms with E-state index in [1.807, 2.05) is 0 Å². The zero-order valence-corrected chi connectivity index (χ0v) is 11.4. The molecule has 0 rings (SSSR count). The Balaban J connectivity index is -0.0000000577. The summed E-state index contributed by atoms with van der Waals surface area (Å²) in [6.07, 6.45) is 1.14. The molecule has 0 N–H and O–H groups in total. The molecular formula is C5H12B3ClF12K-3. The van der Waals surface area contributed by atoms with E-state index in [4.69, 9.17) is 11.6 Å². The maximum absolute atomic E-state index is 9.75. The quantitative estimate of drug-likeness (QED) is 0.321. The average molecular weight is 407 g/mol. The third-order valence-electron chi connectivity index (χ3n) is 0.686. The van der Waals surface area contributed by atoms with Crippen molar-refractivity contribution in [2.75, 3.05) is 5.88 Å². The van der Waals surface area contributed by atoms with Crippen LogP contribution in [0.3, 0.4) is 0 Å². The van der Waals surface area contributed by atoms with Crippen molar-refractivity contribution in [1.82, 2.24) is 0 Å². The molecule has 0 saturated carbocycles. The number of hydrogen-bond donors (Lipinski definition) is 0. The first kappa shape index (κ1) is 34.6. The summed E-state index contributed by atoms with van der Waals surface area (Å²) in [4.78, 5) is 0. The van der Waals surface area contributed by atoms with Crippen LogP contribution in [0.15, 0.2) is 0 Å². The van der Waals surface area contributed by atoms with Gasteiger partial charge in [0, 0.05) is 5.88 Å². The van der Waals surface area contributed by atoms with Crippen LogP contribution in [0.25, 0.3) is 0 Å². The molecule has 0 radical (unpaired) electrons. The molecule has 0 aliphatic carbocycles. The van der Waals surface area contributed by atoms with Crippen molar-refractivity contribution in [2.45, 2.75) is 20.3 Å². The van der Waals surface area contributed by atoms with Gasteiger partial charge in [0.1, 0.15) is 0 Å². The van der Waals surface area contributed by atoms with Crippen molar-refractivity contribution in [1.29, 1.82) is 0 Å². The van der Waals surface area contributed by atoms with E-state index in [0.29, 0.717) is 0 Å². The Morgan fingerprint density at radius 2 is 0.773 bits per heavy atom. The molecule has 0 atom stereocenters. The minimum atomic E-state index is -6.00. The van der Waals surface area contributed by atoms with E-state index in [-0.39, 0.29) is 51.4 Å². The molecule has 0 amide bonds. The van der Waals surface area contributed by atoms with Crippen molar-refractivity contribution in [3.63, 3.8) is 0 Å². The zero-order chi connectivity index (χ0) is 18.5. The van der Waals surface area contributed by atoms with Gasteiger partial charge in [0.25, 0.3) is 0 Å². The molecule has 0 saturated heterocycles. The molecular weight excluding hydrogens is 395 g/mol. The molecule has 0 aromatic rings. The first-order valence-corrected chi connectivity index (χ1v) is 5.48. The zero-order valence-electron chi connectivity index (χ0n) is 10.6. The van der Waals surface area contributed by atoms with Crippen molar-refractivity contribution in [3.8, 4) is 0 Å². The van der Waals surface area contributed by atoms with E-state index in [1.165, 1.54) is 0 Å². The van der Waals surface area contributed by atoms with Gasteiger partial charge in [0.2, 0.25) is 0 Å². The monoisotopic (exact) mass is 407 g/mol. The van der Waals surface area contributed by atoms with Gasteiger partial charge in [-0.2, -0.15) is 0 Å². The van der Waals surface area contributed by atoms with Crippen LogP contribution in [-0.4, -0.2) is 79.0 Å². The Morgan fingerprint density at radius 1 is 0.636 bits per heavy atom. The number of hydrogen-bond acceptors (Lipinski definition) is 0. The first-order chi connectivity index (χ1) is 8.77. The van der Waals surface area contributed by atoms with Crippen molar-refractivity contribution < 1.29 is 51.8 Å². The fourth-order valence-electron chi connectivity index (χ4n) is 0.218. The molecule has 0 aromatic carbocycles. The average Bonchev–Trinajstić information content (AvgIpc) is 1.91. The number of halogens is 13. The first-order valence-electron chi connectivity index (χ1n) is 4.95. The van der Waals surface area contributed by atoms with Gasteiger partial charge in [-0.05, 0) is 12.3 Å². The minimum absolute atomic E-state index is 0. The molecule has 17 heteroatoms. The van der Waals surface area contributed by atoms with Gasteiger partial charge in [0.05, 0.1) is 0 Å². The van der Waals surface area contributed by atoms with Gasteiger partial charge in [0.15, 0.2) is 0 Å². The van der Waals surface area contributed by atoms with Gasteiger partial charge in [-0.1, -0.05) is 13.8 Å². The summed E-state index contributed by atoms with van der Waals surface area (Å²) in [6, 6.07) is 0. The second-order valence-electron chi connectivity index (χ2n) is 3.36. The van der Waals surface area contributed by atoms with E-state index < -0.39 is 21.8 Å². The fourth-order valence-corrected chi connectivity index (χ4v) is 0.655. The predicted molar refractivity (Wildman–Crippen MR) is 67.9 cm³/mol. The predicted octanol–water partition coefficient (Wildman–Crippen LogP) is 5.52. The fraction of sp³-hybridized carbons (Fsp3) is 1.00. The molecule has 0 unspecified atom stereocenters. The van der Waals surface area contributed by atoms with Crippen LogP contribution in [0.1, 0.15) is 20.3 Å². The molecule has 0 aromatic heterocycles. The molecule has 0 nitrogen and oxygen atoms in total. The van der Waals surface area contributed by atoms with Gasteiger partial charge >= 0.3 is 73.1 Å². The molecule has 136 valence electrons. The molecule has 0 heterocycles. The topological polar surface area (TPSA) is 0 Å². The molecule has 0 bridgehead atoms. The second-order valence-corrected chi connectivity index (χ2v) is 3.73. The normalized spacial score (nSPS) is 10.9. The summed E-state index contributed by atoms with van der Waals surface area (Å²) in [5.41, 5.74) is 0. The summed E-state index contributed by atoms with van der Waals surface area (Å²) in [6.45, 7) is 4.34. The maximum atomic E-state index is 9.75.